The number of thioether (sulfide) groups is 1. The molecule has 3 aromatic rings. The molecule has 27 heavy (non-hydrogen) atoms. The minimum absolute atomic E-state index is 0.137. The summed E-state index contributed by atoms with van der Waals surface area (Å²) < 4.78 is 5.70. The third-order valence-corrected chi connectivity index (χ3v) is 6.12. The number of hydrogen-bond donors (Lipinski definition) is 2. The number of anilines is 2. The highest BCUT2D eigenvalue weighted by molar-refractivity contribution is 8.01. The smallest absolute Gasteiger partial charge is 0.234 e. The summed E-state index contributed by atoms with van der Waals surface area (Å²) in [5.41, 5.74) is 0.695. The van der Waals surface area contributed by atoms with Crippen LogP contribution >= 0.6 is 34.4 Å². The van der Waals surface area contributed by atoms with E-state index in [1.165, 1.54) is 34.4 Å². The van der Waals surface area contributed by atoms with E-state index in [1.807, 2.05) is 17.5 Å². The van der Waals surface area contributed by atoms with E-state index in [2.05, 4.69) is 20.8 Å². The Labute approximate surface area is 168 Å². The van der Waals surface area contributed by atoms with Gasteiger partial charge in [-0.25, -0.2) is 0 Å². The van der Waals surface area contributed by atoms with Crippen LogP contribution in [0.1, 0.15) is 4.88 Å². The first-order valence-electron chi connectivity index (χ1n) is 7.85. The van der Waals surface area contributed by atoms with Crippen molar-refractivity contribution in [2.45, 2.75) is 10.8 Å². The van der Waals surface area contributed by atoms with Crippen LogP contribution in [0.2, 0.25) is 0 Å². The lowest BCUT2D eigenvalue weighted by atomic mass is 10.3. The Bertz CT molecular complexity index is 895. The highest BCUT2D eigenvalue weighted by Gasteiger charge is 2.11. The van der Waals surface area contributed by atoms with E-state index in [1.54, 1.807) is 31.4 Å². The molecule has 0 saturated carbocycles. The van der Waals surface area contributed by atoms with E-state index >= 15 is 0 Å². The van der Waals surface area contributed by atoms with Crippen LogP contribution in [-0.4, -0.2) is 34.9 Å². The van der Waals surface area contributed by atoms with Crippen LogP contribution in [-0.2, 0) is 16.0 Å². The molecule has 0 radical (unpaired) electrons. The summed E-state index contributed by atoms with van der Waals surface area (Å²) in [7, 11) is 1.59. The molecule has 0 fully saturated rings. The van der Waals surface area contributed by atoms with Gasteiger partial charge in [-0.2, -0.15) is 0 Å². The maximum absolute atomic E-state index is 12.0. The molecule has 2 N–H and O–H groups in total. The third-order valence-electron chi connectivity index (χ3n) is 3.27. The van der Waals surface area contributed by atoms with Gasteiger partial charge in [-0.05, 0) is 35.7 Å². The van der Waals surface area contributed by atoms with Gasteiger partial charge in [-0.1, -0.05) is 29.2 Å². The second-order valence-electron chi connectivity index (χ2n) is 5.24. The van der Waals surface area contributed by atoms with Crippen molar-refractivity contribution in [3.05, 3.63) is 46.7 Å². The summed E-state index contributed by atoms with van der Waals surface area (Å²) in [6.07, 6.45) is 0.310. The largest absolute Gasteiger partial charge is 0.497 e. The number of amides is 2. The SMILES string of the molecule is COc1ccc(NC(=O)CSc2nnc(NC(=O)Cc3cccs3)s2)cc1. The Balaban J connectivity index is 1.44. The number of aromatic nitrogens is 2. The normalized spacial score (nSPS) is 10.4. The third kappa shape index (κ3) is 6.05. The standard InChI is InChI=1S/C17H16N4O3S3/c1-24-12-6-4-11(5-7-12)18-15(23)10-26-17-21-20-16(27-17)19-14(22)9-13-3-2-8-25-13/h2-8H,9-10H2,1H3,(H,18,23)(H,19,20,22). The lowest BCUT2D eigenvalue weighted by molar-refractivity contribution is -0.115. The van der Waals surface area contributed by atoms with Crippen molar-refractivity contribution in [2.24, 2.45) is 0 Å². The molecule has 3 rings (SSSR count). The lowest BCUT2D eigenvalue weighted by Crippen LogP contribution is -2.13. The average Bonchev–Trinajstić information content (AvgIpc) is 3.32. The van der Waals surface area contributed by atoms with E-state index in [4.69, 9.17) is 4.74 Å². The molecular formula is C17H16N4O3S3. The number of nitrogens with zero attached hydrogens (tertiary/aromatic N) is 2. The molecule has 2 heterocycles. The summed E-state index contributed by atoms with van der Waals surface area (Å²) in [4.78, 5) is 25.0. The maximum Gasteiger partial charge on any atom is 0.234 e. The Morgan fingerprint density at radius 1 is 1.11 bits per heavy atom. The van der Waals surface area contributed by atoms with Crippen LogP contribution in [0.3, 0.4) is 0 Å². The van der Waals surface area contributed by atoms with Gasteiger partial charge in [0.2, 0.25) is 16.9 Å². The average molecular weight is 421 g/mol. The van der Waals surface area contributed by atoms with Crippen LogP contribution in [0.5, 0.6) is 5.75 Å². The van der Waals surface area contributed by atoms with Gasteiger partial charge in [-0.15, -0.1) is 21.5 Å². The van der Waals surface area contributed by atoms with E-state index in [9.17, 15) is 9.59 Å². The zero-order valence-corrected chi connectivity index (χ0v) is 16.7. The molecule has 0 aliphatic heterocycles. The Kier molecular flexibility index (Phi) is 6.80. The predicted octanol–water partition coefficient (Wildman–Crippen LogP) is 3.52. The van der Waals surface area contributed by atoms with Crippen LogP contribution < -0.4 is 15.4 Å². The Morgan fingerprint density at radius 2 is 1.93 bits per heavy atom. The number of carbonyl (C=O) groups excluding carboxylic acids is 2. The fourth-order valence-electron chi connectivity index (χ4n) is 2.05. The van der Waals surface area contributed by atoms with Gasteiger partial charge in [0.1, 0.15) is 5.75 Å². The number of nitrogens with one attached hydrogen (secondary N) is 2. The Morgan fingerprint density at radius 3 is 2.63 bits per heavy atom. The predicted molar refractivity (Wildman–Crippen MR) is 109 cm³/mol. The van der Waals surface area contributed by atoms with Crippen molar-refractivity contribution >= 4 is 57.1 Å². The van der Waals surface area contributed by atoms with Gasteiger partial charge >= 0.3 is 0 Å². The molecule has 0 saturated heterocycles. The molecule has 0 aliphatic rings. The lowest BCUT2D eigenvalue weighted by Gasteiger charge is -2.05. The molecule has 1 aromatic carbocycles. The summed E-state index contributed by atoms with van der Waals surface area (Å²) in [5.74, 6) is 0.639. The van der Waals surface area contributed by atoms with Crippen molar-refractivity contribution in [3.63, 3.8) is 0 Å². The number of carbonyl (C=O) groups is 2. The van der Waals surface area contributed by atoms with E-state index in [-0.39, 0.29) is 17.6 Å². The van der Waals surface area contributed by atoms with Crippen molar-refractivity contribution in [2.75, 3.05) is 23.5 Å². The number of ether oxygens (including phenoxy) is 1. The van der Waals surface area contributed by atoms with Gasteiger partial charge in [0.05, 0.1) is 19.3 Å². The van der Waals surface area contributed by atoms with Gasteiger partial charge in [0.15, 0.2) is 4.34 Å². The van der Waals surface area contributed by atoms with Crippen molar-refractivity contribution in [3.8, 4) is 5.75 Å². The summed E-state index contributed by atoms with van der Waals surface area (Å²) in [6.45, 7) is 0. The van der Waals surface area contributed by atoms with Crippen molar-refractivity contribution < 1.29 is 14.3 Å². The van der Waals surface area contributed by atoms with Crippen LogP contribution in [0.25, 0.3) is 0 Å². The molecular weight excluding hydrogens is 404 g/mol. The topological polar surface area (TPSA) is 93.2 Å². The molecule has 0 unspecified atom stereocenters. The molecule has 140 valence electrons. The second-order valence-corrected chi connectivity index (χ2v) is 8.48. The number of benzene rings is 1. The van der Waals surface area contributed by atoms with Crippen LogP contribution in [0.15, 0.2) is 46.1 Å². The molecule has 2 aromatic heterocycles. The van der Waals surface area contributed by atoms with E-state index in [0.29, 0.717) is 21.6 Å². The quantitative estimate of drug-likeness (QED) is 0.428. The highest BCUT2D eigenvalue weighted by atomic mass is 32.2. The minimum Gasteiger partial charge on any atom is -0.497 e. The zero-order valence-electron chi connectivity index (χ0n) is 14.3. The van der Waals surface area contributed by atoms with Crippen LogP contribution in [0.4, 0.5) is 10.8 Å². The second kappa shape index (κ2) is 9.49. The first-order chi connectivity index (χ1) is 13.1. The molecule has 0 atom stereocenters. The fourth-order valence-corrected chi connectivity index (χ4v) is 4.32. The van der Waals surface area contributed by atoms with Crippen molar-refractivity contribution in [1.82, 2.24) is 10.2 Å². The molecule has 0 aliphatic carbocycles. The van der Waals surface area contributed by atoms with Crippen LogP contribution in [0, 0.1) is 0 Å². The number of methoxy groups -OCH3 is 1. The van der Waals surface area contributed by atoms with Gasteiger partial charge < -0.3 is 15.4 Å². The summed E-state index contributed by atoms with van der Waals surface area (Å²) >= 11 is 4.04. The monoisotopic (exact) mass is 420 g/mol. The molecule has 0 spiro atoms. The van der Waals surface area contributed by atoms with E-state index in [0.717, 1.165) is 10.6 Å². The first-order valence-corrected chi connectivity index (χ1v) is 10.5. The zero-order chi connectivity index (χ0) is 19.1. The Hall–Kier alpha value is -2.43. The van der Waals surface area contributed by atoms with E-state index < -0.39 is 0 Å². The molecule has 0 bridgehead atoms. The van der Waals surface area contributed by atoms with Crippen molar-refractivity contribution in [1.29, 1.82) is 0 Å². The number of hydrogen-bond acceptors (Lipinski definition) is 8. The van der Waals surface area contributed by atoms with Gasteiger partial charge in [0.25, 0.3) is 0 Å². The molecule has 10 heteroatoms. The molecule has 2 amide bonds. The summed E-state index contributed by atoms with van der Waals surface area (Å²) in [6, 6.07) is 10.9. The van der Waals surface area contributed by atoms with Gasteiger partial charge in [0, 0.05) is 10.6 Å². The molecule has 7 nitrogen and oxygen atoms in total. The minimum atomic E-state index is -0.149. The number of thiophene rings is 1. The maximum atomic E-state index is 12.0. The summed E-state index contributed by atoms with van der Waals surface area (Å²) in [5, 5.41) is 15.8. The highest BCUT2D eigenvalue weighted by Crippen LogP contribution is 2.26. The number of rotatable bonds is 8. The van der Waals surface area contributed by atoms with Gasteiger partial charge in [-0.3, -0.25) is 9.59 Å². The first kappa shape index (κ1) is 19.3. The fraction of sp³-hybridized carbons (Fsp3) is 0.176.